The van der Waals surface area contributed by atoms with Crippen LogP contribution in [0.15, 0.2) is 70.4 Å². The summed E-state index contributed by atoms with van der Waals surface area (Å²) in [5, 5.41) is 13.6. The van der Waals surface area contributed by atoms with E-state index < -0.39 is 6.10 Å². The van der Waals surface area contributed by atoms with Gasteiger partial charge in [0.15, 0.2) is 11.5 Å². The van der Waals surface area contributed by atoms with Crippen molar-refractivity contribution in [3.63, 3.8) is 0 Å². The molecule has 36 heavy (non-hydrogen) atoms. The number of nitrogens with zero attached hydrogens (tertiary/aromatic N) is 1. The standard InChI is InChI=1S/C27H28BrFN2O4S/c1-5-17-11-20(22(32)14-30-27(33)18-9-10-23(34-3)24(13-18)35-4)31-21(12-17)25-16(2)7-6-8-19(29)15-36-26(25)28/h6-13,22,32H,2,5,14-15H2,1,3-4H3,(H,30,33)/b7-6-,19-8+,26-25+. The van der Waals surface area contributed by atoms with E-state index in [1.54, 1.807) is 30.4 Å². The Bertz CT molecular complexity index is 1240. The van der Waals surface area contributed by atoms with E-state index in [-0.39, 0.29) is 24.0 Å². The van der Waals surface area contributed by atoms with Crippen molar-refractivity contribution >= 4 is 39.2 Å². The highest BCUT2D eigenvalue weighted by Crippen LogP contribution is 2.38. The smallest absolute Gasteiger partial charge is 0.251 e. The van der Waals surface area contributed by atoms with E-state index in [1.165, 1.54) is 32.1 Å². The Labute approximate surface area is 223 Å². The van der Waals surface area contributed by atoms with Gasteiger partial charge in [0.1, 0.15) is 11.9 Å². The zero-order valence-electron chi connectivity index (χ0n) is 20.3. The third-order valence-electron chi connectivity index (χ3n) is 5.44. The number of halogens is 2. The molecule has 2 aromatic rings. The minimum atomic E-state index is -1.05. The van der Waals surface area contributed by atoms with E-state index in [2.05, 4.69) is 32.8 Å². The number of amides is 1. The molecule has 1 aromatic heterocycles. The summed E-state index contributed by atoms with van der Waals surface area (Å²) >= 11 is 4.86. The summed E-state index contributed by atoms with van der Waals surface area (Å²) in [5.41, 5.74) is 3.72. The number of rotatable bonds is 8. The van der Waals surface area contributed by atoms with Crippen LogP contribution in [0.1, 0.15) is 40.3 Å². The summed E-state index contributed by atoms with van der Waals surface area (Å²) in [4.78, 5) is 17.4. The Morgan fingerprint density at radius 3 is 2.72 bits per heavy atom. The fourth-order valence-corrected chi connectivity index (χ4v) is 5.03. The molecule has 2 heterocycles. The van der Waals surface area contributed by atoms with E-state index in [0.29, 0.717) is 44.3 Å². The van der Waals surface area contributed by atoms with Gasteiger partial charge >= 0.3 is 0 Å². The molecule has 0 saturated heterocycles. The van der Waals surface area contributed by atoms with Crippen LogP contribution in [0.2, 0.25) is 0 Å². The van der Waals surface area contributed by atoms with Crippen LogP contribution in [-0.4, -0.2) is 42.5 Å². The summed E-state index contributed by atoms with van der Waals surface area (Å²) in [6, 6.07) is 8.58. The Balaban J connectivity index is 1.84. The predicted molar refractivity (Wildman–Crippen MR) is 146 cm³/mol. The van der Waals surface area contributed by atoms with Gasteiger partial charge < -0.3 is 19.9 Å². The molecule has 190 valence electrons. The first-order valence-corrected chi connectivity index (χ1v) is 13.0. The Morgan fingerprint density at radius 2 is 2.03 bits per heavy atom. The van der Waals surface area contributed by atoms with Crippen molar-refractivity contribution in [2.75, 3.05) is 26.5 Å². The molecule has 9 heteroatoms. The van der Waals surface area contributed by atoms with Gasteiger partial charge in [-0.15, -0.1) is 11.8 Å². The van der Waals surface area contributed by atoms with Gasteiger partial charge in [-0.05, 0) is 69.9 Å². The van der Waals surface area contributed by atoms with Crippen molar-refractivity contribution in [3.8, 4) is 11.5 Å². The van der Waals surface area contributed by atoms with E-state index in [1.807, 2.05) is 19.1 Å². The van der Waals surface area contributed by atoms with Crippen LogP contribution in [0.3, 0.4) is 0 Å². The Kier molecular flexibility index (Phi) is 9.92. The van der Waals surface area contributed by atoms with Gasteiger partial charge in [-0.2, -0.15) is 0 Å². The monoisotopic (exact) mass is 574 g/mol. The van der Waals surface area contributed by atoms with Gasteiger partial charge in [0, 0.05) is 17.7 Å². The molecule has 0 spiro atoms. The fourth-order valence-electron chi connectivity index (χ4n) is 3.48. The van der Waals surface area contributed by atoms with Gasteiger partial charge in [-0.1, -0.05) is 25.7 Å². The molecule has 1 aromatic carbocycles. The summed E-state index contributed by atoms with van der Waals surface area (Å²) in [5.74, 6) is 0.503. The van der Waals surface area contributed by atoms with Crippen LogP contribution in [0, 0.1) is 0 Å². The molecule has 0 saturated carbocycles. The average molecular weight is 576 g/mol. The Hall–Kier alpha value is -2.88. The molecule has 0 bridgehead atoms. The first kappa shape index (κ1) is 27.7. The molecule has 1 amide bonds. The van der Waals surface area contributed by atoms with E-state index in [4.69, 9.17) is 9.47 Å². The lowest BCUT2D eigenvalue weighted by Gasteiger charge is -2.17. The number of aliphatic hydroxyl groups is 1. The molecule has 0 radical (unpaired) electrons. The maximum absolute atomic E-state index is 13.9. The summed E-state index contributed by atoms with van der Waals surface area (Å²) in [6.45, 7) is 6.08. The second-order valence-electron chi connectivity index (χ2n) is 7.87. The highest BCUT2D eigenvalue weighted by atomic mass is 79.9. The fraction of sp³-hybridized carbons (Fsp3) is 0.259. The molecule has 0 fully saturated rings. The second-order valence-corrected chi connectivity index (χ2v) is 10.2. The lowest BCUT2D eigenvalue weighted by Crippen LogP contribution is -2.29. The number of pyridine rings is 1. The third kappa shape index (κ3) is 6.87. The summed E-state index contributed by atoms with van der Waals surface area (Å²) in [6.07, 6.45) is 4.41. The molecular formula is C27H28BrFN2O4S. The minimum Gasteiger partial charge on any atom is -0.493 e. The molecule has 3 rings (SSSR count). The maximum Gasteiger partial charge on any atom is 0.251 e. The molecule has 1 aliphatic heterocycles. The SMILES string of the molecule is C=C1/C=C\C=C(\F)CS/C(Br)=C\1c1cc(CC)cc(C(O)CNC(=O)c2ccc(OC)c(OC)c2)n1. The van der Waals surface area contributed by atoms with Crippen molar-refractivity contribution < 1.29 is 23.8 Å². The van der Waals surface area contributed by atoms with Crippen LogP contribution >= 0.6 is 27.7 Å². The van der Waals surface area contributed by atoms with Crippen molar-refractivity contribution in [2.24, 2.45) is 0 Å². The van der Waals surface area contributed by atoms with Crippen molar-refractivity contribution in [2.45, 2.75) is 19.4 Å². The molecule has 2 N–H and O–H groups in total. The van der Waals surface area contributed by atoms with Crippen LogP contribution in [-0.2, 0) is 6.42 Å². The predicted octanol–water partition coefficient (Wildman–Crippen LogP) is 5.90. The minimum absolute atomic E-state index is 0.0439. The number of methoxy groups -OCH3 is 2. The second kappa shape index (κ2) is 12.9. The third-order valence-corrected chi connectivity index (χ3v) is 7.40. The molecule has 1 atom stereocenters. The molecular weight excluding hydrogens is 547 g/mol. The van der Waals surface area contributed by atoms with Crippen LogP contribution < -0.4 is 14.8 Å². The normalized spacial score (nSPS) is 19.3. The first-order chi connectivity index (χ1) is 17.3. The van der Waals surface area contributed by atoms with Crippen LogP contribution in [0.25, 0.3) is 5.57 Å². The molecule has 1 unspecified atom stereocenters. The van der Waals surface area contributed by atoms with Gasteiger partial charge in [-0.25, -0.2) is 9.37 Å². The van der Waals surface area contributed by atoms with Crippen molar-refractivity contribution in [3.05, 3.63) is 92.9 Å². The molecule has 1 aliphatic rings. The number of carbonyl (C=O) groups is 1. The lowest BCUT2D eigenvalue weighted by atomic mass is 10.0. The number of carbonyl (C=O) groups excluding carboxylic acids is 1. The topological polar surface area (TPSA) is 80.7 Å². The first-order valence-electron chi connectivity index (χ1n) is 11.2. The number of aryl methyl sites for hydroxylation is 1. The van der Waals surface area contributed by atoms with Gasteiger partial charge in [0.05, 0.1) is 35.2 Å². The van der Waals surface area contributed by atoms with E-state index in [9.17, 15) is 14.3 Å². The molecule has 6 nitrogen and oxygen atoms in total. The van der Waals surface area contributed by atoms with E-state index >= 15 is 0 Å². The highest BCUT2D eigenvalue weighted by Gasteiger charge is 2.19. The van der Waals surface area contributed by atoms with Crippen LogP contribution in [0.4, 0.5) is 4.39 Å². The maximum atomic E-state index is 13.9. The number of ether oxygens (including phenoxy) is 2. The molecule has 0 aliphatic carbocycles. The number of aliphatic hydroxyl groups excluding tert-OH is 1. The van der Waals surface area contributed by atoms with Crippen molar-refractivity contribution in [1.82, 2.24) is 10.3 Å². The largest absolute Gasteiger partial charge is 0.493 e. The number of allylic oxidation sites excluding steroid dienone is 5. The number of benzene rings is 1. The number of nitrogens with one attached hydrogen (secondary N) is 1. The number of aromatic nitrogens is 1. The highest BCUT2D eigenvalue weighted by molar-refractivity contribution is 9.14. The van der Waals surface area contributed by atoms with Crippen molar-refractivity contribution in [1.29, 1.82) is 0 Å². The number of hydrogen-bond donors (Lipinski definition) is 2. The summed E-state index contributed by atoms with van der Waals surface area (Å²) in [7, 11) is 3.01. The van der Waals surface area contributed by atoms with Gasteiger partial charge in [0.25, 0.3) is 5.91 Å². The zero-order chi connectivity index (χ0) is 26.2. The van der Waals surface area contributed by atoms with Crippen LogP contribution in [0.5, 0.6) is 11.5 Å². The number of hydrogen-bond acceptors (Lipinski definition) is 6. The quantitative estimate of drug-likeness (QED) is 0.408. The Morgan fingerprint density at radius 1 is 1.28 bits per heavy atom. The zero-order valence-corrected chi connectivity index (χ0v) is 22.7. The number of thioether (sulfide) groups is 1. The van der Waals surface area contributed by atoms with Gasteiger partial charge in [-0.3, -0.25) is 4.79 Å². The average Bonchev–Trinajstić information content (AvgIpc) is 2.95. The summed E-state index contributed by atoms with van der Waals surface area (Å²) < 4.78 is 25.1. The lowest BCUT2D eigenvalue weighted by molar-refractivity contribution is 0.0913. The van der Waals surface area contributed by atoms with Gasteiger partial charge in [0.2, 0.25) is 0 Å². The van der Waals surface area contributed by atoms with E-state index in [0.717, 1.165) is 11.1 Å².